The van der Waals surface area contributed by atoms with Gasteiger partial charge in [-0.3, -0.25) is 9.59 Å². The molecule has 0 spiro atoms. The summed E-state index contributed by atoms with van der Waals surface area (Å²) in [5, 5.41) is -0.0114. The number of fused-ring (bicyclic) bond motifs is 1. The van der Waals surface area contributed by atoms with Crippen LogP contribution in [0.15, 0.2) is 22.6 Å². The summed E-state index contributed by atoms with van der Waals surface area (Å²) in [5.41, 5.74) is -0.833. The van der Waals surface area contributed by atoms with Crippen molar-refractivity contribution in [1.29, 1.82) is 0 Å². The Labute approximate surface area is 154 Å². The molecule has 1 aromatic heterocycles. The van der Waals surface area contributed by atoms with E-state index in [2.05, 4.69) is 0 Å². The number of Topliss-reactive ketones (excluding diaryl/α,β-unsaturated/α-hetero) is 1. The Morgan fingerprint density at radius 1 is 1.19 bits per heavy atom. The van der Waals surface area contributed by atoms with Gasteiger partial charge in [-0.25, -0.2) is 0 Å². The van der Waals surface area contributed by atoms with Gasteiger partial charge in [0.1, 0.15) is 5.60 Å². The van der Waals surface area contributed by atoms with E-state index in [9.17, 15) is 22.8 Å². The monoisotopic (exact) mass is 386 g/mol. The first-order chi connectivity index (χ1) is 12.3. The van der Waals surface area contributed by atoms with Crippen LogP contribution in [0.3, 0.4) is 0 Å². The number of benzene rings is 1. The van der Waals surface area contributed by atoms with Crippen molar-refractivity contribution >= 4 is 22.7 Å². The Kier molecular flexibility index (Phi) is 5.58. The fourth-order valence-corrected chi connectivity index (χ4v) is 2.61. The van der Waals surface area contributed by atoms with Gasteiger partial charge in [-0.05, 0) is 39.0 Å². The standard InChI is InChI=1S/C19H21F3O5/c1-10(8-15(23)27-18(2,3)4)16(24)11-6-7-13(25-5)17-12(11)9-14(26-17)19(20,21)22/h6-7,9-10H,8H2,1-5H3. The lowest BCUT2D eigenvalue weighted by Crippen LogP contribution is -2.26. The molecule has 148 valence electrons. The molecule has 0 aliphatic rings. The third-order valence-electron chi connectivity index (χ3n) is 3.75. The van der Waals surface area contributed by atoms with Gasteiger partial charge in [-0.1, -0.05) is 6.92 Å². The molecular formula is C19H21F3O5. The molecule has 27 heavy (non-hydrogen) atoms. The first kappa shape index (κ1) is 20.8. The summed E-state index contributed by atoms with van der Waals surface area (Å²) in [4.78, 5) is 24.7. The molecule has 0 radical (unpaired) electrons. The predicted octanol–water partition coefficient (Wildman–Crippen LogP) is 5.01. The van der Waals surface area contributed by atoms with Crippen LogP contribution < -0.4 is 4.74 Å². The number of carbonyl (C=O) groups excluding carboxylic acids is 2. The number of ether oxygens (including phenoxy) is 2. The van der Waals surface area contributed by atoms with E-state index >= 15 is 0 Å². The van der Waals surface area contributed by atoms with Gasteiger partial charge in [0, 0.05) is 16.9 Å². The number of esters is 1. The van der Waals surface area contributed by atoms with E-state index < -0.39 is 35.2 Å². The molecular weight excluding hydrogens is 365 g/mol. The highest BCUT2D eigenvalue weighted by Gasteiger charge is 2.36. The summed E-state index contributed by atoms with van der Waals surface area (Å²) in [6.07, 6.45) is -4.89. The minimum absolute atomic E-state index is 0.0114. The third kappa shape index (κ3) is 4.81. The molecule has 5 nitrogen and oxygen atoms in total. The zero-order valence-electron chi connectivity index (χ0n) is 15.7. The van der Waals surface area contributed by atoms with Crippen LogP contribution in [-0.4, -0.2) is 24.5 Å². The molecule has 0 bridgehead atoms. The highest BCUT2D eigenvalue weighted by Crippen LogP contribution is 2.39. The Hall–Kier alpha value is -2.51. The predicted molar refractivity (Wildman–Crippen MR) is 91.7 cm³/mol. The number of hydrogen-bond acceptors (Lipinski definition) is 5. The van der Waals surface area contributed by atoms with Crippen LogP contribution in [0, 0.1) is 5.92 Å². The molecule has 0 aliphatic heterocycles. The summed E-state index contributed by atoms with van der Waals surface area (Å²) in [5.74, 6) is -2.97. The second kappa shape index (κ2) is 7.25. The summed E-state index contributed by atoms with van der Waals surface area (Å²) >= 11 is 0. The van der Waals surface area contributed by atoms with E-state index in [1.54, 1.807) is 20.8 Å². The number of ketones is 1. The smallest absolute Gasteiger partial charge is 0.449 e. The quantitative estimate of drug-likeness (QED) is 0.534. The number of carbonyl (C=O) groups is 2. The van der Waals surface area contributed by atoms with Gasteiger partial charge < -0.3 is 13.9 Å². The van der Waals surface area contributed by atoms with Crippen molar-refractivity contribution in [1.82, 2.24) is 0 Å². The van der Waals surface area contributed by atoms with Gasteiger partial charge in [0.15, 0.2) is 17.1 Å². The number of methoxy groups -OCH3 is 1. The molecule has 0 N–H and O–H groups in total. The third-order valence-corrected chi connectivity index (χ3v) is 3.75. The maximum Gasteiger partial charge on any atom is 0.449 e. The molecule has 0 saturated heterocycles. The average Bonchev–Trinajstić information content (AvgIpc) is 2.96. The van der Waals surface area contributed by atoms with E-state index in [1.165, 1.54) is 26.2 Å². The van der Waals surface area contributed by atoms with E-state index in [0.29, 0.717) is 0 Å². The summed E-state index contributed by atoms with van der Waals surface area (Å²) < 4.78 is 54.1. The second-order valence-electron chi connectivity index (χ2n) is 7.22. The van der Waals surface area contributed by atoms with E-state index in [-0.39, 0.29) is 28.7 Å². The van der Waals surface area contributed by atoms with Gasteiger partial charge in [-0.15, -0.1) is 0 Å². The largest absolute Gasteiger partial charge is 0.493 e. The van der Waals surface area contributed by atoms with E-state index in [1.807, 2.05) is 0 Å². The van der Waals surface area contributed by atoms with Crippen LogP contribution in [-0.2, 0) is 15.7 Å². The van der Waals surface area contributed by atoms with Crippen molar-refractivity contribution in [2.24, 2.45) is 5.92 Å². The van der Waals surface area contributed by atoms with Crippen LogP contribution in [0.1, 0.15) is 50.2 Å². The van der Waals surface area contributed by atoms with Gasteiger partial charge >= 0.3 is 12.1 Å². The van der Waals surface area contributed by atoms with E-state index in [0.717, 1.165) is 6.07 Å². The molecule has 1 unspecified atom stereocenters. The maximum atomic E-state index is 13.0. The average molecular weight is 386 g/mol. The van der Waals surface area contributed by atoms with Crippen LogP contribution in [0.5, 0.6) is 5.75 Å². The van der Waals surface area contributed by atoms with Crippen LogP contribution in [0.25, 0.3) is 11.0 Å². The normalized spacial score (nSPS) is 13.5. The van der Waals surface area contributed by atoms with Crippen LogP contribution in [0.2, 0.25) is 0 Å². The van der Waals surface area contributed by atoms with Gasteiger partial charge in [0.25, 0.3) is 0 Å². The zero-order chi connectivity index (χ0) is 20.6. The molecule has 0 aliphatic carbocycles. The van der Waals surface area contributed by atoms with Crippen LogP contribution in [0.4, 0.5) is 13.2 Å². The number of hydrogen-bond donors (Lipinski definition) is 0. The van der Waals surface area contributed by atoms with E-state index in [4.69, 9.17) is 13.9 Å². The lowest BCUT2D eigenvalue weighted by atomic mass is 9.94. The summed E-state index contributed by atoms with van der Waals surface area (Å²) in [6, 6.07) is 3.50. The number of alkyl halides is 3. The molecule has 1 aromatic carbocycles. The van der Waals surface area contributed by atoms with Crippen LogP contribution >= 0.6 is 0 Å². The Morgan fingerprint density at radius 3 is 2.33 bits per heavy atom. The second-order valence-corrected chi connectivity index (χ2v) is 7.22. The SMILES string of the molecule is COc1ccc(C(=O)C(C)CC(=O)OC(C)(C)C)c2cc(C(F)(F)F)oc12. The number of halogens is 3. The Bertz CT molecular complexity index is 859. The fraction of sp³-hybridized carbons (Fsp3) is 0.474. The number of rotatable bonds is 5. The molecule has 1 atom stereocenters. The lowest BCUT2D eigenvalue weighted by molar-refractivity contribution is -0.155. The highest BCUT2D eigenvalue weighted by molar-refractivity contribution is 6.10. The van der Waals surface area contributed by atoms with Gasteiger partial charge in [0.2, 0.25) is 5.76 Å². The molecule has 8 heteroatoms. The number of furan rings is 1. The molecule has 2 rings (SSSR count). The minimum Gasteiger partial charge on any atom is -0.493 e. The molecule has 0 amide bonds. The molecule has 0 fully saturated rings. The minimum atomic E-state index is -4.70. The van der Waals surface area contributed by atoms with Crippen molar-refractivity contribution in [2.75, 3.05) is 7.11 Å². The molecule has 1 heterocycles. The Morgan fingerprint density at radius 2 is 1.81 bits per heavy atom. The first-order valence-electron chi connectivity index (χ1n) is 8.27. The van der Waals surface area contributed by atoms with Crippen molar-refractivity contribution in [3.05, 3.63) is 29.5 Å². The Balaban J connectivity index is 2.38. The molecule has 2 aromatic rings. The fourth-order valence-electron chi connectivity index (χ4n) is 2.61. The van der Waals surface area contributed by atoms with Crippen molar-refractivity contribution < 1.29 is 36.7 Å². The van der Waals surface area contributed by atoms with Crippen molar-refractivity contribution in [3.8, 4) is 5.75 Å². The van der Waals surface area contributed by atoms with Gasteiger partial charge in [0.05, 0.1) is 13.5 Å². The van der Waals surface area contributed by atoms with Crippen molar-refractivity contribution in [3.63, 3.8) is 0 Å². The first-order valence-corrected chi connectivity index (χ1v) is 8.27. The highest BCUT2D eigenvalue weighted by atomic mass is 19.4. The lowest BCUT2D eigenvalue weighted by Gasteiger charge is -2.20. The maximum absolute atomic E-state index is 13.0. The van der Waals surface area contributed by atoms with Gasteiger partial charge in [-0.2, -0.15) is 13.2 Å². The molecule has 0 saturated carbocycles. The summed E-state index contributed by atoms with van der Waals surface area (Å²) in [7, 11) is 1.29. The summed E-state index contributed by atoms with van der Waals surface area (Å²) in [6.45, 7) is 6.63. The topological polar surface area (TPSA) is 65.7 Å². The zero-order valence-corrected chi connectivity index (χ0v) is 15.7. The van der Waals surface area contributed by atoms with Crippen molar-refractivity contribution in [2.45, 2.75) is 45.9 Å².